The maximum atomic E-state index is 13.7. The molecule has 1 heterocycles. The summed E-state index contributed by atoms with van der Waals surface area (Å²) in [5.74, 6) is -1.31. The lowest BCUT2D eigenvalue weighted by Crippen LogP contribution is -2.03. The maximum Gasteiger partial charge on any atom is 0.307 e. The zero-order chi connectivity index (χ0) is 18.6. The van der Waals surface area contributed by atoms with Gasteiger partial charge in [0.15, 0.2) is 0 Å². The Morgan fingerprint density at radius 3 is 2.65 bits per heavy atom. The monoisotopic (exact) mass is 353 g/mol. The number of aryl methyl sites for hydroxylation is 1. The highest BCUT2D eigenvalue weighted by atomic mass is 19.1. The second-order valence-electron chi connectivity index (χ2n) is 6.97. The smallest absolute Gasteiger partial charge is 0.307 e. The molecule has 0 aliphatic heterocycles. The number of carboxylic acid groups (broad SMARTS) is 1. The zero-order valence-corrected chi connectivity index (χ0v) is 14.7. The number of hydrogen-bond donors (Lipinski definition) is 2. The number of carboxylic acids is 1. The summed E-state index contributed by atoms with van der Waals surface area (Å²) in [7, 11) is 0. The van der Waals surface area contributed by atoms with Gasteiger partial charge in [-0.15, -0.1) is 0 Å². The molecule has 2 atom stereocenters. The molecule has 1 aliphatic rings. The Morgan fingerprint density at radius 2 is 2.04 bits per heavy atom. The highest BCUT2D eigenvalue weighted by Gasteiger charge is 2.46. The molecule has 4 rings (SSSR count). The number of benzene rings is 2. The van der Waals surface area contributed by atoms with Crippen molar-refractivity contribution in [1.82, 2.24) is 4.57 Å². The number of nitrogens with zero attached hydrogens (tertiary/aromatic N) is 1. The summed E-state index contributed by atoms with van der Waals surface area (Å²) in [4.78, 5) is 11.4. The fourth-order valence-electron chi connectivity index (χ4n) is 3.97. The van der Waals surface area contributed by atoms with Crippen LogP contribution in [0.5, 0.6) is 5.75 Å². The van der Waals surface area contributed by atoms with E-state index in [0.717, 1.165) is 27.8 Å². The first kappa shape index (κ1) is 16.6. The summed E-state index contributed by atoms with van der Waals surface area (Å²) < 4.78 is 15.8. The van der Waals surface area contributed by atoms with Crippen molar-refractivity contribution in [2.24, 2.45) is 5.92 Å². The normalized spacial score (nSPS) is 19.0. The van der Waals surface area contributed by atoms with Crippen LogP contribution >= 0.6 is 0 Å². The highest BCUT2D eigenvalue weighted by molar-refractivity contribution is 5.91. The molecule has 4 nitrogen and oxygen atoms in total. The molecule has 26 heavy (non-hydrogen) atoms. The zero-order valence-electron chi connectivity index (χ0n) is 14.7. The van der Waals surface area contributed by atoms with Gasteiger partial charge in [0.1, 0.15) is 11.6 Å². The molecular formula is C21H20FNO3. The molecule has 2 N–H and O–H groups in total. The third kappa shape index (κ3) is 2.46. The van der Waals surface area contributed by atoms with Crippen molar-refractivity contribution >= 4 is 16.9 Å². The van der Waals surface area contributed by atoms with Gasteiger partial charge in [0.05, 0.1) is 11.4 Å². The molecule has 1 aliphatic carbocycles. The van der Waals surface area contributed by atoms with E-state index in [1.54, 1.807) is 31.2 Å². The highest BCUT2D eigenvalue weighted by Crippen LogP contribution is 2.52. The molecule has 0 amide bonds. The van der Waals surface area contributed by atoms with Crippen LogP contribution < -0.4 is 0 Å². The van der Waals surface area contributed by atoms with Crippen LogP contribution in [-0.4, -0.2) is 20.7 Å². The maximum absolute atomic E-state index is 13.7. The fraction of sp³-hybridized carbons (Fsp3) is 0.286. The first-order valence-electron chi connectivity index (χ1n) is 8.78. The molecule has 2 aromatic carbocycles. The standard InChI is InChI=1S/C21H20FNO3/c1-3-18-20(14-10-15(14)21(25)26)16-9-13(24)5-7-19(16)23(18)12-4-6-17(22)11(2)8-12/h4-9,14-15,24H,3,10H2,1-2H3,(H,25,26)/t14-,15-/m0/s1. The minimum atomic E-state index is -0.782. The van der Waals surface area contributed by atoms with Crippen LogP contribution in [0.25, 0.3) is 16.6 Å². The number of fused-ring (bicyclic) bond motifs is 1. The van der Waals surface area contributed by atoms with E-state index in [1.165, 1.54) is 6.07 Å². The summed E-state index contributed by atoms with van der Waals surface area (Å²) in [6.07, 6.45) is 1.32. The number of phenolic OH excluding ortho intramolecular Hbond substituents is 1. The first-order chi connectivity index (χ1) is 12.4. The summed E-state index contributed by atoms with van der Waals surface area (Å²) in [5, 5.41) is 20.2. The van der Waals surface area contributed by atoms with Gasteiger partial charge in [-0.25, -0.2) is 4.39 Å². The second kappa shape index (κ2) is 5.87. The van der Waals surface area contributed by atoms with E-state index in [-0.39, 0.29) is 23.4 Å². The number of aromatic hydroxyl groups is 1. The number of aliphatic carboxylic acids is 1. The van der Waals surface area contributed by atoms with Crippen LogP contribution in [0, 0.1) is 18.7 Å². The number of rotatable bonds is 4. The average Bonchev–Trinajstić information content (AvgIpc) is 3.33. The number of carbonyl (C=O) groups is 1. The lowest BCUT2D eigenvalue weighted by Gasteiger charge is -2.12. The van der Waals surface area contributed by atoms with E-state index < -0.39 is 5.97 Å². The van der Waals surface area contributed by atoms with E-state index in [0.29, 0.717) is 18.4 Å². The molecule has 1 aromatic heterocycles. The van der Waals surface area contributed by atoms with Crippen LogP contribution in [0.15, 0.2) is 36.4 Å². The Hall–Kier alpha value is -2.82. The molecule has 0 radical (unpaired) electrons. The van der Waals surface area contributed by atoms with Gasteiger partial charge in [-0.3, -0.25) is 4.79 Å². The van der Waals surface area contributed by atoms with E-state index in [1.807, 2.05) is 13.0 Å². The Bertz CT molecular complexity index is 1040. The van der Waals surface area contributed by atoms with Gasteiger partial charge in [0, 0.05) is 22.7 Å². The summed E-state index contributed by atoms with van der Waals surface area (Å²) >= 11 is 0. The molecule has 0 bridgehead atoms. The van der Waals surface area contributed by atoms with E-state index in [2.05, 4.69) is 4.57 Å². The van der Waals surface area contributed by atoms with E-state index >= 15 is 0 Å². The number of hydrogen-bond acceptors (Lipinski definition) is 2. The molecule has 1 fully saturated rings. The number of halogens is 1. The molecule has 0 saturated heterocycles. The number of aromatic nitrogens is 1. The lowest BCUT2D eigenvalue weighted by atomic mass is 10.0. The Balaban J connectivity index is 2.01. The largest absolute Gasteiger partial charge is 0.508 e. The Morgan fingerprint density at radius 1 is 1.27 bits per heavy atom. The van der Waals surface area contributed by atoms with E-state index in [4.69, 9.17) is 0 Å². The topological polar surface area (TPSA) is 62.5 Å². The van der Waals surface area contributed by atoms with Crippen molar-refractivity contribution in [3.8, 4) is 11.4 Å². The minimum absolute atomic E-state index is 0.0467. The molecule has 0 unspecified atom stereocenters. The van der Waals surface area contributed by atoms with Crippen molar-refractivity contribution in [3.05, 3.63) is 59.0 Å². The number of phenols is 1. The first-order valence-corrected chi connectivity index (χ1v) is 8.78. The quantitative estimate of drug-likeness (QED) is 0.724. The summed E-state index contributed by atoms with van der Waals surface area (Å²) in [6.45, 7) is 3.76. The second-order valence-corrected chi connectivity index (χ2v) is 6.97. The van der Waals surface area contributed by atoms with Crippen LogP contribution in [0.3, 0.4) is 0 Å². The van der Waals surface area contributed by atoms with Crippen molar-refractivity contribution < 1.29 is 19.4 Å². The molecule has 5 heteroatoms. The fourth-order valence-corrected chi connectivity index (χ4v) is 3.97. The van der Waals surface area contributed by atoms with Gasteiger partial charge < -0.3 is 14.8 Å². The summed E-state index contributed by atoms with van der Waals surface area (Å²) in [5.41, 5.74) is 4.31. The van der Waals surface area contributed by atoms with Gasteiger partial charge >= 0.3 is 5.97 Å². The summed E-state index contributed by atoms with van der Waals surface area (Å²) in [6, 6.07) is 10.1. The van der Waals surface area contributed by atoms with Crippen molar-refractivity contribution in [2.75, 3.05) is 0 Å². The molecule has 0 spiro atoms. The Labute approximate surface area is 150 Å². The predicted molar refractivity (Wildman–Crippen MR) is 97.5 cm³/mol. The lowest BCUT2D eigenvalue weighted by molar-refractivity contribution is -0.138. The molecular weight excluding hydrogens is 333 g/mol. The molecule has 1 saturated carbocycles. The molecule has 3 aromatic rings. The van der Waals surface area contributed by atoms with Gasteiger partial charge in [-0.05, 0) is 67.3 Å². The van der Waals surface area contributed by atoms with Gasteiger partial charge in [0.25, 0.3) is 0 Å². The van der Waals surface area contributed by atoms with E-state index in [9.17, 15) is 19.4 Å². The van der Waals surface area contributed by atoms with Crippen LogP contribution in [-0.2, 0) is 11.2 Å². The molecule has 134 valence electrons. The van der Waals surface area contributed by atoms with Crippen LogP contribution in [0.2, 0.25) is 0 Å². The third-order valence-corrected chi connectivity index (χ3v) is 5.31. The third-order valence-electron chi connectivity index (χ3n) is 5.31. The predicted octanol–water partition coefficient (Wildman–Crippen LogP) is 4.53. The van der Waals surface area contributed by atoms with Crippen LogP contribution in [0.1, 0.15) is 36.1 Å². The van der Waals surface area contributed by atoms with Crippen LogP contribution in [0.4, 0.5) is 4.39 Å². The van der Waals surface area contributed by atoms with Gasteiger partial charge in [-0.2, -0.15) is 0 Å². The SMILES string of the molecule is CCc1c([C@H]2C[C@@H]2C(=O)O)c2cc(O)ccc2n1-c1ccc(F)c(C)c1. The van der Waals surface area contributed by atoms with Gasteiger partial charge in [0.2, 0.25) is 0 Å². The minimum Gasteiger partial charge on any atom is -0.508 e. The van der Waals surface area contributed by atoms with Crippen molar-refractivity contribution in [3.63, 3.8) is 0 Å². The van der Waals surface area contributed by atoms with Crippen molar-refractivity contribution in [1.29, 1.82) is 0 Å². The van der Waals surface area contributed by atoms with Gasteiger partial charge in [-0.1, -0.05) is 6.92 Å². The average molecular weight is 353 g/mol. The van der Waals surface area contributed by atoms with Crippen molar-refractivity contribution in [2.45, 2.75) is 32.6 Å². The Kier molecular flexibility index (Phi) is 3.75.